The molecule has 0 unspecified atom stereocenters. The van der Waals surface area contributed by atoms with Gasteiger partial charge in [0.15, 0.2) is 0 Å². The van der Waals surface area contributed by atoms with Gasteiger partial charge < -0.3 is 4.74 Å². The van der Waals surface area contributed by atoms with Crippen molar-refractivity contribution in [2.75, 3.05) is 0 Å². The van der Waals surface area contributed by atoms with Crippen LogP contribution < -0.4 is 4.74 Å². The lowest BCUT2D eigenvalue weighted by Crippen LogP contribution is -2.01. The molecule has 3 heteroatoms. The lowest BCUT2D eigenvalue weighted by atomic mass is 10.1. The Morgan fingerprint density at radius 1 is 1.16 bits per heavy atom. The zero-order valence-corrected chi connectivity index (χ0v) is 12.1. The topological polar surface area (TPSA) is 21.6 Å². The summed E-state index contributed by atoms with van der Waals surface area (Å²) in [5.74, 6) is 1.38. The standard InChI is InChI=1S/C16H12BrNO/c1-10-5-3-4-6-14(10)18-16-11(2)13-9-12(17)7-8-15(13)19-16/h3-9H,2H2,1H3. The summed E-state index contributed by atoms with van der Waals surface area (Å²) in [5, 5.41) is 0. The zero-order valence-electron chi connectivity index (χ0n) is 10.5. The summed E-state index contributed by atoms with van der Waals surface area (Å²) in [7, 11) is 0. The van der Waals surface area contributed by atoms with Crippen LogP contribution in [0.4, 0.5) is 5.69 Å². The van der Waals surface area contributed by atoms with Gasteiger partial charge in [-0.15, -0.1) is 0 Å². The van der Waals surface area contributed by atoms with Gasteiger partial charge in [0.1, 0.15) is 5.75 Å². The summed E-state index contributed by atoms with van der Waals surface area (Å²) in [6, 6.07) is 13.8. The summed E-state index contributed by atoms with van der Waals surface area (Å²) in [4.78, 5) is 4.56. The highest BCUT2D eigenvalue weighted by Gasteiger charge is 2.23. The van der Waals surface area contributed by atoms with E-state index in [1.807, 2.05) is 49.4 Å². The number of rotatable bonds is 1. The summed E-state index contributed by atoms with van der Waals surface area (Å²) in [6.07, 6.45) is 0. The van der Waals surface area contributed by atoms with Crippen molar-refractivity contribution in [3.63, 3.8) is 0 Å². The summed E-state index contributed by atoms with van der Waals surface area (Å²) in [5.41, 5.74) is 3.83. The van der Waals surface area contributed by atoms with Crippen molar-refractivity contribution in [2.45, 2.75) is 6.92 Å². The molecular formula is C16H12BrNO. The van der Waals surface area contributed by atoms with Crippen LogP contribution in [-0.2, 0) is 0 Å². The number of nitrogens with zero attached hydrogens (tertiary/aromatic N) is 1. The largest absolute Gasteiger partial charge is 0.438 e. The van der Waals surface area contributed by atoms with E-state index < -0.39 is 0 Å². The van der Waals surface area contributed by atoms with Crippen molar-refractivity contribution in [2.24, 2.45) is 4.99 Å². The third kappa shape index (κ3) is 2.22. The third-order valence-electron chi connectivity index (χ3n) is 3.07. The number of hydrogen-bond acceptors (Lipinski definition) is 2. The molecule has 0 bridgehead atoms. The fourth-order valence-corrected chi connectivity index (χ4v) is 2.36. The molecule has 0 aliphatic carbocycles. The van der Waals surface area contributed by atoms with E-state index in [2.05, 4.69) is 27.5 Å². The van der Waals surface area contributed by atoms with Crippen LogP contribution >= 0.6 is 15.9 Å². The van der Waals surface area contributed by atoms with Crippen molar-refractivity contribution in [1.82, 2.24) is 0 Å². The van der Waals surface area contributed by atoms with Gasteiger partial charge in [-0.3, -0.25) is 0 Å². The van der Waals surface area contributed by atoms with Gasteiger partial charge in [-0.25, -0.2) is 4.99 Å². The molecule has 1 heterocycles. The molecule has 94 valence electrons. The second kappa shape index (κ2) is 4.67. The Hall–Kier alpha value is -1.87. The second-order valence-electron chi connectivity index (χ2n) is 4.42. The maximum atomic E-state index is 5.76. The molecule has 1 aliphatic rings. The fourth-order valence-electron chi connectivity index (χ4n) is 2.00. The highest BCUT2D eigenvalue weighted by atomic mass is 79.9. The molecule has 0 saturated carbocycles. The average molecular weight is 314 g/mol. The van der Waals surface area contributed by atoms with E-state index in [0.29, 0.717) is 5.90 Å². The van der Waals surface area contributed by atoms with E-state index in [1.54, 1.807) is 0 Å². The Balaban J connectivity index is 2.03. The first kappa shape index (κ1) is 12.2. The van der Waals surface area contributed by atoms with Crippen molar-refractivity contribution < 1.29 is 4.74 Å². The SMILES string of the molecule is C=C1C(=Nc2ccccc2C)Oc2ccc(Br)cc21. The number of benzene rings is 2. The van der Waals surface area contributed by atoms with Crippen LogP contribution in [0.2, 0.25) is 0 Å². The van der Waals surface area contributed by atoms with Gasteiger partial charge in [-0.05, 0) is 36.8 Å². The first-order chi connectivity index (χ1) is 9.15. The molecule has 0 saturated heterocycles. The Labute approximate surface area is 120 Å². The van der Waals surface area contributed by atoms with Gasteiger partial charge in [0.05, 0.1) is 5.69 Å². The molecule has 19 heavy (non-hydrogen) atoms. The Morgan fingerprint density at radius 3 is 2.74 bits per heavy atom. The molecule has 2 aromatic carbocycles. The molecule has 0 N–H and O–H groups in total. The van der Waals surface area contributed by atoms with E-state index in [4.69, 9.17) is 4.74 Å². The van der Waals surface area contributed by atoms with Gasteiger partial charge in [0.2, 0.25) is 5.90 Å². The first-order valence-corrected chi connectivity index (χ1v) is 6.76. The first-order valence-electron chi connectivity index (χ1n) is 5.96. The highest BCUT2D eigenvalue weighted by molar-refractivity contribution is 9.10. The van der Waals surface area contributed by atoms with Gasteiger partial charge >= 0.3 is 0 Å². The van der Waals surface area contributed by atoms with E-state index in [-0.39, 0.29) is 0 Å². The summed E-state index contributed by atoms with van der Waals surface area (Å²) >= 11 is 3.45. The zero-order chi connectivity index (χ0) is 13.4. The van der Waals surface area contributed by atoms with E-state index in [1.165, 1.54) is 0 Å². The van der Waals surface area contributed by atoms with Gasteiger partial charge in [0.25, 0.3) is 0 Å². The van der Waals surface area contributed by atoms with Crippen LogP contribution in [0.3, 0.4) is 0 Å². The minimum atomic E-state index is 0.572. The molecule has 0 radical (unpaired) electrons. The van der Waals surface area contributed by atoms with Crippen LogP contribution in [-0.4, -0.2) is 5.90 Å². The van der Waals surface area contributed by atoms with Crippen molar-refractivity contribution in [3.8, 4) is 5.75 Å². The number of para-hydroxylation sites is 1. The molecule has 1 aliphatic heterocycles. The fraction of sp³-hybridized carbons (Fsp3) is 0.0625. The molecule has 0 fully saturated rings. The molecule has 0 amide bonds. The minimum Gasteiger partial charge on any atom is -0.438 e. The number of ether oxygens (including phenoxy) is 1. The second-order valence-corrected chi connectivity index (χ2v) is 5.34. The number of halogens is 1. The number of hydrogen-bond donors (Lipinski definition) is 0. The third-order valence-corrected chi connectivity index (χ3v) is 3.56. The molecule has 2 nitrogen and oxygen atoms in total. The van der Waals surface area contributed by atoms with Crippen molar-refractivity contribution >= 4 is 33.1 Å². The van der Waals surface area contributed by atoms with Gasteiger partial charge in [0, 0.05) is 15.6 Å². The Morgan fingerprint density at radius 2 is 1.95 bits per heavy atom. The van der Waals surface area contributed by atoms with Gasteiger partial charge in [-0.1, -0.05) is 40.7 Å². The van der Waals surface area contributed by atoms with Crippen LogP contribution in [0.1, 0.15) is 11.1 Å². The van der Waals surface area contributed by atoms with Crippen LogP contribution in [0, 0.1) is 6.92 Å². The predicted octanol–water partition coefficient (Wildman–Crippen LogP) is 4.89. The van der Waals surface area contributed by atoms with E-state index >= 15 is 0 Å². The highest BCUT2D eigenvalue weighted by Crippen LogP contribution is 2.36. The maximum Gasteiger partial charge on any atom is 0.227 e. The molecule has 2 aromatic rings. The van der Waals surface area contributed by atoms with Crippen LogP contribution in [0.25, 0.3) is 5.57 Å². The normalized spacial score (nSPS) is 15.5. The predicted molar refractivity (Wildman–Crippen MR) is 82.1 cm³/mol. The lowest BCUT2D eigenvalue weighted by Gasteiger charge is -2.01. The minimum absolute atomic E-state index is 0.572. The molecule has 0 aromatic heterocycles. The molecule has 0 atom stereocenters. The van der Waals surface area contributed by atoms with E-state index in [9.17, 15) is 0 Å². The summed E-state index contributed by atoms with van der Waals surface area (Å²) < 4.78 is 6.77. The molecule has 3 rings (SSSR count). The van der Waals surface area contributed by atoms with Crippen molar-refractivity contribution in [3.05, 3.63) is 64.6 Å². The Kier molecular flexibility index (Phi) is 2.99. The van der Waals surface area contributed by atoms with E-state index in [0.717, 1.165) is 32.6 Å². The Bertz CT molecular complexity index is 704. The monoisotopic (exact) mass is 313 g/mol. The number of aliphatic imine (C=N–C) groups is 1. The quantitative estimate of drug-likeness (QED) is 0.734. The smallest absolute Gasteiger partial charge is 0.227 e. The lowest BCUT2D eigenvalue weighted by molar-refractivity contribution is 0.571. The molecule has 0 spiro atoms. The molecular weight excluding hydrogens is 302 g/mol. The van der Waals surface area contributed by atoms with Crippen LogP contribution in [0.5, 0.6) is 5.75 Å². The average Bonchev–Trinajstić information content (AvgIpc) is 2.70. The summed E-state index contributed by atoms with van der Waals surface area (Å²) in [6.45, 7) is 6.10. The van der Waals surface area contributed by atoms with Gasteiger partial charge in [-0.2, -0.15) is 0 Å². The van der Waals surface area contributed by atoms with Crippen molar-refractivity contribution in [1.29, 1.82) is 0 Å². The number of fused-ring (bicyclic) bond motifs is 1. The number of aryl methyl sites for hydroxylation is 1. The van der Waals surface area contributed by atoms with Crippen LogP contribution in [0.15, 0.2) is 58.5 Å². The maximum absolute atomic E-state index is 5.76.